The Kier molecular flexibility index (Phi) is 2.24. The lowest BCUT2D eigenvalue weighted by Crippen LogP contribution is -2.12. The van der Waals surface area contributed by atoms with Gasteiger partial charge in [0.1, 0.15) is 0 Å². The van der Waals surface area contributed by atoms with Crippen molar-refractivity contribution in [3.05, 3.63) is 0 Å². The zero-order valence-corrected chi connectivity index (χ0v) is 3.31. The highest BCUT2D eigenvalue weighted by Crippen LogP contribution is 1.51. The predicted octanol–water partition coefficient (Wildman–Crippen LogP) is -1.16. The van der Waals surface area contributed by atoms with E-state index in [1.165, 1.54) is 0 Å². The molecule has 0 fully saturated rings. The minimum Gasteiger partial charge on any atom is -0.316 e. The Morgan fingerprint density at radius 3 is 2.50 bits per heavy atom. The number of nitrogens with two attached hydrogens (primary N) is 1. The maximum atomic E-state index is 9.77. The summed E-state index contributed by atoms with van der Waals surface area (Å²) in [6.45, 7) is 2.73. The fraction of sp³-hybridized carbons (Fsp3) is 0.333. The zero-order chi connectivity index (χ0) is 4.99. The number of hydrogen-bond acceptors (Lipinski definition) is 2. The molecule has 0 unspecified atom stereocenters. The topological polar surface area (TPSA) is 54.4 Å². The van der Waals surface area contributed by atoms with E-state index in [2.05, 4.69) is 11.2 Å². The van der Waals surface area contributed by atoms with E-state index in [0.717, 1.165) is 0 Å². The van der Waals surface area contributed by atoms with Crippen LogP contribution in [-0.4, -0.2) is 19.3 Å². The molecular formula is C3H6NO2+. The minimum atomic E-state index is -0.491. The Balaban J connectivity index is 3.23. The second-order valence-corrected chi connectivity index (χ2v) is 0.720. The average Bonchev–Trinajstić information content (AvgIpc) is 1.65. The lowest BCUT2D eigenvalue weighted by molar-refractivity contribution is -0.366. The van der Waals surface area contributed by atoms with Crippen LogP contribution in [0.4, 0.5) is 0 Å². The van der Waals surface area contributed by atoms with Crippen LogP contribution >= 0.6 is 0 Å². The van der Waals surface area contributed by atoms with E-state index in [1.54, 1.807) is 0 Å². The van der Waals surface area contributed by atoms with Gasteiger partial charge in [-0.05, 0) is 0 Å². The Labute approximate surface area is 35.5 Å². The molecule has 6 heavy (non-hydrogen) atoms. The van der Waals surface area contributed by atoms with Crippen LogP contribution in [0.1, 0.15) is 0 Å². The number of hydrogen-bond donors (Lipinski definition) is 1. The molecule has 0 aromatic heterocycles. The molecule has 0 bridgehead atoms. The van der Waals surface area contributed by atoms with Gasteiger partial charge in [0.15, 0.2) is 13.3 Å². The van der Waals surface area contributed by atoms with Crippen LogP contribution in [0.25, 0.3) is 0 Å². The summed E-state index contributed by atoms with van der Waals surface area (Å²) in [5, 5.41) is 0. The predicted molar refractivity (Wildman–Crippen MR) is 21.2 cm³/mol. The monoisotopic (exact) mass is 88.0 g/mol. The van der Waals surface area contributed by atoms with Crippen LogP contribution < -0.4 is 5.73 Å². The molecule has 0 aliphatic heterocycles. The highest BCUT2D eigenvalue weighted by atomic mass is 16.4. The van der Waals surface area contributed by atoms with Gasteiger partial charge in [-0.1, -0.05) is 0 Å². The van der Waals surface area contributed by atoms with Gasteiger partial charge in [0.05, 0.1) is 4.79 Å². The maximum absolute atomic E-state index is 9.77. The first-order valence-electron chi connectivity index (χ1n) is 1.46. The van der Waals surface area contributed by atoms with Gasteiger partial charge in [-0.2, -0.15) is 0 Å². The fourth-order valence-electron chi connectivity index (χ4n) is 0.0589. The van der Waals surface area contributed by atoms with Crippen molar-refractivity contribution >= 4 is 12.8 Å². The summed E-state index contributed by atoms with van der Waals surface area (Å²) in [4.78, 5) is 9.77. The van der Waals surface area contributed by atoms with Gasteiger partial charge in [0.2, 0.25) is 0 Å². The molecule has 3 nitrogen and oxygen atoms in total. The summed E-state index contributed by atoms with van der Waals surface area (Å²) in [5.41, 5.74) is 4.77. The first-order valence-corrected chi connectivity index (χ1v) is 1.46. The summed E-state index contributed by atoms with van der Waals surface area (Å²) in [5.74, 6) is -0.491. The van der Waals surface area contributed by atoms with Crippen LogP contribution in [0.3, 0.4) is 0 Å². The van der Waals surface area contributed by atoms with Crippen LogP contribution in [0.2, 0.25) is 0 Å². The molecule has 0 aromatic rings. The Bertz CT molecular complexity index is 69.2. The molecule has 0 rings (SSSR count). The van der Waals surface area contributed by atoms with Crippen LogP contribution in [-0.2, 0) is 9.22 Å². The normalized spacial score (nSPS) is 7.50. The van der Waals surface area contributed by atoms with Gasteiger partial charge in [-0.25, -0.2) is 0 Å². The molecule has 34 valence electrons. The largest absolute Gasteiger partial charge is 0.592 e. The van der Waals surface area contributed by atoms with E-state index in [9.17, 15) is 4.79 Å². The molecule has 0 aromatic carbocycles. The molecule has 0 saturated carbocycles. The fourth-order valence-corrected chi connectivity index (χ4v) is 0.0589. The second-order valence-electron chi connectivity index (χ2n) is 0.720. The van der Waals surface area contributed by atoms with Crippen molar-refractivity contribution in [2.24, 2.45) is 5.73 Å². The molecule has 2 N–H and O–H groups in total. The molecule has 0 aliphatic carbocycles. The molecule has 3 heteroatoms. The quantitative estimate of drug-likeness (QED) is 0.411. The van der Waals surface area contributed by atoms with Crippen LogP contribution in [0.15, 0.2) is 0 Å². The Morgan fingerprint density at radius 2 is 2.50 bits per heavy atom. The first-order chi connectivity index (χ1) is 2.81. The van der Waals surface area contributed by atoms with Crippen molar-refractivity contribution in [2.45, 2.75) is 0 Å². The average molecular weight is 88.1 g/mol. The third-order valence-corrected chi connectivity index (χ3v) is 0.328. The Hall–Kier alpha value is -0.700. The van der Waals surface area contributed by atoms with Crippen LogP contribution in [0, 0.1) is 0 Å². The van der Waals surface area contributed by atoms with Crippen molar-refractivity contribution < 1.29 is 9.22 Å². The van der Waals surface area contributed by atoms with Crippen molar-refractivity contribution in [3.8, 4) is 0 Å². The number of rotatable bonds is 1. The number of carbonyl (C=O) groups is 1. The standard InChI is InChI=1S/C3H6NO2/c1-6-3(5)2-4/h1-2,4H2/q+1. The summed E-state index contributed by atoms with van der Waals surface area (Å²) in [6, 6.07) is 0. The van der Waals surface area contributed by atoms with Crippen LogP contribution in [0.5, 0.6) is 0 Å². The van der Waals surface area contributed by atoms with Gasteiger partial charge >= 0.3 is 5.97 Å². The zero-order valence-electron chi connectivity index (χ0n) is 3.31. The van der Waals surface area contributed by atoms with E-state index in [0.29, 0.717) is 0 Å². The van der Waals surface area contributed by atoms with E-state index >= 15 is 0 Å². The minimum absolute atomic E-state index is 0.0938. The molecule has 0 saturated heterocycles. The third kappa shape index (κ3) is 1.60. The number of carbonyl (C=O) groups excluding carboxylic acids is 2. The van der Waals surface area contributed by atoms with Gasteiger partial charge in [-0.3, -0.25) is 4.42 Å². The molecule has 0 amide bonds. The van der Waals surface area contributed by atoms with Gasteiger partial charge < -0.3 is 5.73 Å². The van der Waals surface area contributed by atoms with E-state index in [4.69, 9.17) is 5.73 Å². The SMILES string of the molecule is C=[O+]C(=O)CN. The highest BCUT2D eigenvalue weighted by molar-refractivity contribution is 5.68. The molecule has 0 aliphatic rings. The lowest BCUT2D eigenvalue weighted by Gasteiger charge is -1.63. The van der Waals surface area contributed by atoms with E-state index < -0.39 is 5.97 Å². The van der Waals surface area contributed by atoms with Crippen molar-refractivity contribution in [2.75, 3.05) is 6.54 Å². The van der Waals surface area contributed by atoms with Crippen molar-refractivity contribution in [1.29, 1.82) is 0 Å². The smallest absolute Gasteiger partial charge is 0.316 e. The first kappa shape index (κ1) is 5.30. The van der Waals surface area contributed by atoms with Gasteiger partial charge in [0.25, 0.3) is 0 Å². The van der Waals surface area contributed by atoms with Gasteiger partial charge in [-0.15, -0.1) is 0 Å². The molecule has 0 radical (unpaired) electrons. The van der Waals surface area contributed by atoms with Crippen molar-refractivity contribution in [3.63, 3.8) is 0 Å². The molecule has 0 heterocycles. The summed E-state index contributed by atoms with van der Waals surface area (Å²) in [7, 11) is 0. The second kappa shape index (κ2) is 2.53. The molecule has 0 atom stereocenters. The summed E-state index contributed by atoms with van der Waals surface area (Å²) in [6.07, 6.45) is 0. The Morgan fingerprint density at radius 1 is 2.00 bits per heavy atom. The van der Waals surface area contributed by atoms with Gasteiger partial charge in [0, 0.05) is 0 Å². The molecular weight excluding hydrogens is 82.0 g/mol. The summed E-state index contributed by atoms with van der Waals surface area (Å²) < 4.78 is 3.89. The van der Waals surface area contributed by atoms with Crippen molar-refractivity contribution in [1.82, 2.24) is 0 Å². The molecule has 0 spiro atoms. The lowest BCUT2D eigenvalue weighted by atomic mass is 10.7. The summed E-state index contributed by atoms with van der Waals surface area (Å²) >= 11 is 0. The van der Waals surface area contributed by atoms with E-state index in [1.807, 2.05) is 0 Å². The highest BCUT2D eigenvalue weighted by Gasteiger charge is 2.03. The maximum Gasteiger partial charge on any atom is 0.592 e. The third-order valence-electron chi connectivity index (χ3n) is 0.328. The van der Waals surface area contributed by atoms with E-state index in [-0.39, 0.29) is 6.54 Å².